The number of aromatic nitrogens is 1. The first kappa shape index (κ1) is 22.3. The molecule has 3 aromatic rings. The van der Waals surface area contributed by atoms with Crippen molar-refractivity contribution in [2.75, 3.05) is 12.4 Å². The van der Waals surface area contributed by atoms with Gasteiger partial charge in [0, 0.05) is 32.3 Å². The van der Waals surface area contributed by atoms with Crippen LogP contribution in [0.25, 0.3) is 0 Å². The molecule has 0 spiro atoms. The van der Waals surface area contributed by atoms with Gasteiger partial charge < -0.3 is 10.1 Å². The van der Waals surface area contributed by atoms with Gasteiger partial charge >= 0.3 is 4.87 Å². The summed E-state index contributed by atoms with van der Waals surface area (Å²) < 4.78 is 7.44. The van der Waals surface area contributed by atoms with Crippen LogP contribution in [0, 0.1) is 17.8 Å². The van der Waals surface area contributed by atoms with Crippen molar-refractivity contribution in [3.8, 4) is 5.75 Å². The smallest absolute Gasteiger partial charge is 0.308 e. The van der Waals surface area contributed by atoms with Crippen LogP contribution < -0.4 is 14.9 Å². The van der Waals surface area contributed by atoms with Gasteiger partial charge in [-0.15, -0.1) is 11.8 Å². The zero-order chi connectivity index (χ0) is 23.4. The molecule has 1 aliphatic heterocycles. The van der Waals surface area contributed by atoms with Crippen LogP contribution in [-0.2, 0) is 11.3 Å². The molecule has 8 heteroatoms. The summed E-state index contributed by atoms with van der Waals surface area (Å²) in [6.07, 6.45) is 3.80. The molecule has 2 aliphatic carbocycles. The fraction of sp³-hybridized carbons (Fsp3) is 0.385. The third-order valence-electron chi connectivity index (χ3n) is 7.59. The Balaban J connectivity index is 1.38. The van der Waals surface area contributed by atoms with Crippen molar-refractivity contribution in [3.63, 3.8) is 0 Å². The molecule has 5 nitrogen and oxygen atoms in total. The minimum atomic E-state index is -0.213. The average molecular weight is 513 g/mol. The zero-order valence-corrected chi connectivity index (χ0v) is 21.1. The number of benzene rings is 2. The van der Waals surface area contributed by atoms with Crippen LogP contribution in [-0.4, -0.2) is 22.8 Å². The van der Waals surface area contributed by atoms with Crippen molar-refractivity contribution < 1.29 is 9.53 Å². The molecule has 5 unspecified atom stereocenters. The molecule has 1 aromatic heterocycles. The van der Waals surface area contributed by atoms with E-state index in [1.807, 2.05) is 23.9 Å². The summed E-state index contributed by atoms with van der Waals surface area (Å²) in [6.45, 7) is 0.00438. The molecule has 2 bridgehead atoms. The third kappa shape index (κ3) is 3.69. The SMILES string of the molecule is COc1ccccc1C1c2sc(=O)n(CC(=O)Nc3ccc(Cl)cc3)c2SC2C3CCC(C3)C12. The molecule has 5 atom stereocenters. The summed E-state index contributed by atoms with van der Waals surface area (Å²) in [5.41, 5.74) is 1.83. The monoisotopic (exact) mass is 512 g/mol. The van der Waals surface area contributed by atoms with Crippen LogP contribution in [0.4, 0.5) is 5.69 Å². The minimum absolute atomic E-state index is 0.00438. The number of thiazole rings is 1. The number of rotatable bonds is 5. The Hall–Kier alpha value is -2.22. The van der Waals surface area contributed by atoms with Gasteiger partial charge in [0.15, 0.2) is 0 Å². The summed E-state index contributed by atoms with van der Waals surface area (Å²) in [6, 6.07) is 15.2. The number of thioether (sulfide) groups is 1. The van der Waals surface area contributed by atoms with Crippen LogP contribution in [0.2, 0.25) is 5.02 Å². The minimum Gasteiger partial charge on any atom is -0.496 e. The number of nitrogens with zero attached hydrogens (tertiary/aromatic N) is 1. The normalized spacial score (nSPS) is 26.7. The van der Waals surface area contributed by atoms with E-state index in [9.17, 15) is 9.59 Å². The highest BCUT2D eigenvalue weighted by atomic mass is 35.5. The van der Waals surface area contributed by atoms with Crippen LogP contribution in [0.5, 0.6) is 5.75 Å². The number of halogens is 1. The number of para-hydroxylation sites is 1. The lowest BCUT2D eigenvalue weighted by atomic mass is 9.74. The van der Waals surface area contributed by atoms with E-state index in [0.717, 1.165) is 21.2 Å². The van der Waals surface area contributed by atoms with E-state index in [4.69, 9.17) is 16.3 Å². The number of fused-ring (bicyclic) bond motifs is 6. The van der Waals surface area contributed by atoms with Gasteiger partial charge in [0.2, 0.25) is 5.91 Å². The molecule has 6 rings (SSSR count). The largest absolute Gasteiger partial charge is 0.496 e. The van der Waals surface area contributed by atoms with Gasteiger partial charge in [-0.1, -0.05) is 41.1 Å². The number of hydrogen-bond acceptors (Lipinski definition) is 5. The topological polar surface area (TPSA) is 60.3 Å². The number of ether oxygens (including phenoxy) is 1. The van der Waals surface area contributed by atoms with Crippen LogP contribution in [0.1, 0.15) is 35.6 Å². The number of nitrogens with one attached hydrogen (secondary N) is 1. The summed E-state index contributed by atoms with van der Waals surface area (Å²) in [5, 5.41) is 4.94. The Bertz CT molecular complexity index is 1300. The molecular weight excluding hydrogens is 488 g/mol. The van der Waals surface area contributed by atoms with E-state index in [1.54, 1.807) is 35.9 Å². The molecule has 1 N–H and O–H groups in total. The van der Waals surface area contributed by atoms with Gasteiger partial charge in [0.05, 0.1) is 12.1 Å². The Labute approximate surface area is 211 Å². The molecule has 2 saturated carbocycles. The number of methoxy groups -OCH3 is 1. The van der Waals surface area contributed by atoms with E-state index < -0.39 is 0 Å². The summed E-state index contributed by atoms with van der Waals surface area (Å²) >= 11 is 9.09. The molecule has 0 radical (unpaired) electrons. The van der Waals surface area contributed by atoms with Crippen molar-refractivity contribution >= 4 is 46.3 Å². The molecule has 34 heavy (non-hydrogen) atoms. The molecule has 1 amide bonds. The highest BCUT2D eigenvalue weighted by molar-refractivity contribution is 8.00. The molecular formula is C26H25ClN2O3S2. The number of carbonyl (C=O) groups excluding carboxylic acids is 1. The second-order valence-electron chi connectivity index (χ2n) is 9.39. The van der Waals surface area contributed by atoms with E-state index in [0.29, 0.717) is 33.7 Å². The van der Waals surface area contributed by atoms with Crippen LogP contribution in [0.15, 0.2) is 58.4 Å². The van der Waals surface area contributed by atoms with Crippen molar-refractivity contribution in [2.45, 2.75) is 42.0 Å². The Morgan fingerprint density at radius 1 is 1.15 bits per heavy atom. The lowest BCUT2D eigenvalue weighted by Crippen LogP contribution is -2.35. The van der Waals surface area contributed by atoms with Gasteiger partial charge in [-0.25, -0.2) is 0 Å². The van der Waals surface area contributed by atoms with Crippen LogP contribution in [0.3, 0.4) is 0 Å². The maximum Gasteiger partial charge on any atom is 0.308 e. The molecule has 2 heterocycles. The van der Waals surface area contributed by atoms with Gasteiger partial charge in [0.25, 0.3) is 0 Å². The van der Waals surface area contributed by atoms with Crippen molar-refractivity contribution in [1.82, 2.24) is 4.57 Å². The Morgan fingerprint density at radius 3 is 2.71 bits per heavy atom. The van der Waals surface area contributed by atoms with Gasteiger partial charge in [0.1, 0.15) is 12.3 Å². The lowest BCUT2D eigenvalue weighted by Gasteiger charge is -2.40. The Morgan fingerprint density at radius 2 is 1.91 bits per heavy atom. The number of amides is 1. The van der Waals surface area contributed by atoms with E-state index in [2.05, 4.69) is 17.4 Å². The lowest BCUT2D eigenvalue weighted by molar-refractivity contribution is -0.116. The standard InChI is InChI=1S/C26H25ClN2O3S2/c1-32-19-5-3-2-4-18(19)22-21-14-6-7-15(12-14)23(21)33-25-24(22)34-26(31)29(25)13-20(30)28-17-10-8-16(27)9-11-17/h2-5,8-11,14-15,21-23H,6-7,12-13H2,1H3,(H,28,30). The summed E-state index contributed by atoms with van der Waals surface area (Å²) in [4.78, 5) is 27.1. The van der Waals surface area contributed by atoms with Gasteiger partial charge in [-0.2, -0.15) is 0 Å². The average Bonchev–Trinajstić information content (AvgIpc) is 3.54. The second kappa shape index (κ2) is 8.77. The highest BCUT2D eigenvalue weighted by Gasteiger charge is 2.55. The highest BCUT2D eigenvalue weighted by Crippen LogP contribution is 2.64. The van der Waals surface area contributed by atoms with Gasteiger partial charge in [-0.05, 0) is 67.3 Å². The fourth-order valence-electron chi connectivity index (χ4n) is 6.24. The number of anilines is 1. The van der Waals surface area contributed by atoms with E-state index >= 15 is 0 Å². The summed E-state index contributed by atoms with van der Waals surface area (Å²) in [7, 11) is 1.71. The van der Waals surface area contributed by atoms with Crippen molar-refractivity contribution in [2.24, 2.45) is 17.8 Å². The quantitative estimate of drug-likeness (QED) is 0.465. The molecule has 3 aliphatic rings. The first-order valence-corrected chi connectivity index (χ1v) is 13.7. The molecule has 176 valence electrons. The molecule has 2 aromatic carbocycles. The predicted molar refractivity (Wildman–Crippen MR) is 137 cm³/mol. The van der Waals surface area contributed by atoms with E-state index in [-0.39, 0.29) is 23.2 Å². The number of carbonyl (C=O) groups is 1. The first-order valence-electron chi connectivity index (χ1n) is 11.6. The van der Waals surface area contributed by atoms with E-state index in [1.165, 1.54) is 30.6 Å². The van der Waals surface area contributed by atoms with Crippen LogP contribution >= 0.6 is 34.7 Å². The van der Waals surface area contributed by atoms with Crippen molar-refractivity contribution in [1.29, 1.82) is 0 Å². The Kier molecular flexibility index (Phi) is 5.74. The van der Waals surface area contributed by atoms with Crippen molar-refractivity contribution in [3.05, 3.63) is 73.7 Å². The predicted octanol–water partition coefficient (Wildman–Crippen LogP) is 5.86. The maximum atomic E-state index is 13.2. The fourth-order valence-corrected chi connectivity index (χ4v) is 9.50. The zero-order valence-electron chi connectivity index (χ0n) is 18.7. The second-order valence-corrected chi connectivity index (χ2v) is 12.0. The summed E-state index contributed by atoms with van der Waals surface area (Å²) in [5.74, 6) is 2.66. The number of hydrogen-bond donors (Lipinski definition) is 1. The maximum absolute atomic E-state index is 13.2. The molecule has 2 fully saturated rings. The molecule has 0 saturated heterocycles. The van der Waals surface area contributed by atoms with Gasteiger partial charge in [-0.3, -0.25) is 14.2 Å². The first-order chi connectivity index (χ1) is 16.5. The third-order valence-corrected chi connectivity index (χ3v) is 10.7.